The predicted octanol–water partition coefficient (Wildman–Crippen LogP) is 3.63. The van der Waals surface area contributed by atoms with Gasteiger partial charge in [0.2, 0.25) is 0 Å². The van der Waals surface area contributed by atoms with E-state index in [1.54, 1.807) is 16.7 Å². The van der Waals surface area contributed by atoms with Crippen molar-refractivity contribution in [2.45, 2.75) is 133 Å². The van der Waals surface area contributed by atoms with E-state index in [9.17, 15) is 0 Å². The zero-order valence-electron chi connectivity index (χ0n) is 27.1. The fraction of sp³-hybridized carbons (Fsp3) is 0.778. The monoisotopic (exact) mass is 830 g/mol. The first-order chi connectivity index (χ1) is 14.2. The molecule has 0 aliphatic heterocycles. The van der Waals surface area contributed by atoms with Crippen molar-refractivity contribution in [3.8, 4) is 0 Å². The van der Waals surface area contributed by atoms with Gasteiger partial charge < -0.3 is 34.0 Å². The number of hydrogen-bond donors (Lipinski definition) is 0. The van der Waals surface area contributed by atoms with E-state index in [1.807, 2.05) is 0 Å². The summed E-state index contributed by atoms with van der Waals surface area (Å²) in [6, 6.07) is 9.65. The van der Waals surface area contributed by atoms with E-state index in [4.69, 9.17) is 0 Å². The number of rotatable bonds is 9. The van der Waals surface area contributed by atoms with Crippen LogP contribution >= 0.6 is 0 Å². The van der Waals surface area contributed by atoms with E-state index in [0.717, 1.165) is 15.5 Å². The topological polar surface area (TPSA) is 0 Å². The van der Waals surface area contributed by atoms with Crippen LogP contribution in [-0.2, 0) is 0 Å². The Bertz CT molecular complexity index is 656. The Balaban J connectivity index is -0.00000363. The van der Waals surface area contributed by atoms with E-state index in [0.29, 0.717) is 0 Å². The molecule has 0 atom stereocenters. The van der Waals surface area contributed by atoms with Gasteiger partial charge in [-0.05, 0) is 38.3 Å². The molecular formula is C27H59Br2SbSi6-2. The van der Waals surface area contributed by atoms with Crippen molar-refractivity contribution in [2.24, 2.45) is 0 Å². The Labute approximate surface area is 272 Å². The molecule has 0 saturated heterocycles. The summed E-state index contributed by atoms with van der Waals surface area (Å²) in [7, 11) is -8.28. The third-order valence-electron chi connectivity index (χ3n) is 7.08. The van der Waals surface area contributed by atoms with Gasteiger partial charge >= 0.3 is 0 Å². The van der Waals surface area contributed by atoms with E-state index in [-0.39, 0.29) is 58.4 Å². The Morgan fingerprint density at radius 2 is 0.611 bits per heavy atom. The van der Waals surface area contributed by atoms with Gasteiger partial charge in [0.05, 0.1) is 0 Å². The molecule has 0 bridgehead atoms. The predicted molar refractivity (Wildman–Crippen MR) is 179 cm³/mol. The molecule has 1 aromatic rings. The molecule has 9 heteroatoms. The van der Waals surface area contributed by atoms with E-state index >= 15 is 0 Å². The second kappa shape index (κ2) is 14.0. The molecular weight excluding hydrogens is 774 g/mol. The minimum Gasteiger partial charge on any atom is -1.00 e. The number of benzene rings is 1. The average Bonchev–Trinajstić information content (AvgIpc) is 2.35. The van der Waals surface area contributed by atoms with Gasteiger partial charge in [0, 0.05) is 72.9 Å². The molecule has 0 heterocycles. The van der Waals surface area contributed by atoms with Crippen LogP contribution in [0, 0.1) is 6.07 Å². The summed E-state index contributed by atoms with van der Waals surface area (Å²) in [5.41, 5.74) is 4.94. The second-order valence-corrected chi connectivity index (χ2v) is 50.9. The van der Waals surface area contributed by atoms with Crippen LogP contribution in [-0.4, -0.2) is 72.9 Å². The molecule has 0 amide bonds. The van der Waals surface area contributed by atoms with Crippen LogP contribution in [0.5, 0.6) is 0 Å². The van der Waals surface area contributed by atoms with Crippen LogP contribution in [0.15, 0.2) is 12.1 Å². The molecule has 0 aliphatic carbocycles. The molecule has 0 saturated carbocycles. The average molecular weight is 834 g/mol. The standard InChI is InChI=1S/C27H59Si6.2BrH.Sb/c1-28(2,3)25(29(4,5)6)22-19-23(26(30(7,8)9)31(10,11)12)21-24(20-22)27(32(13,14)15)33(16,17)18;;;/h19-20,25-27H,1-18H3;2*1H;/p-2. The quantitative estimate of drug-likeness (QED) is 0.334. The van der Waals surface area contributed by atoms with Crippen LogP contribution in [0.25, 0.3) is 0 Å². The van der Waals surface area contributed by atoms with E-state index in [1.165, 1.54) is 0 Å². The Kier molecular flexibility index (Phi) is 16.6. The SMILES string of the molecule is C[Si](C)(C)C(c1[c]c(C([Si](C)(C)C)[Si](C)(C)C)cc(C([Si](C)(C)C)[Si](C)(C)C)c1)[Si](C)(C)C.[Br-].[Br-].[Sb]. The normalized spacial score (nSPS) is 13.9. The zero-order chi connectivity index (χ0) is 26.6. The minimum atomic E-state index is -1.39. The summed E-state index contributed by atoms with van der Waals surface area (Å²) in [5, 5.41) is 2.32. The van der Waals surface area contributed by atoms with Crippen molar-refractivity contribution in [1.29, 1.82) is 0 Å². The fourth-order valence-corrected chi connectivity index (χ4v) is 45.7. The molecule has 0 fully saturated rings. The van der Waals surface area contributed by atoms with E-state index < -0.39 is 48.4 Å². The van der Waals surface area contributed by atoms with Crippen molar-refractivity contribution in [1.82, 2.24) is 0 Å². The van der Waals surface area contributed by atoms with Crippen LogP contribution < -0.4 is 34.0 Å². The summed E-state index contributed by atoms with van der Waals surface area (Å²) in [5.74, 6) is 0. The van der Waals surface area contributed by atoms with Gasteiger partial charge in [0.25, 0.3) is 0 Å². The molecule has 0 N–H and O–H groups in total. The molecule has 0 aliphatic rings. The molecule has 212 valence electrons. The van der Waals surface area contributed by atoms with Crippen molar-refractivity contribution >= 4 is 72.9 Å². The van der Waals surface area contributed by atoms with Gasteiger partial charge in [-0.2, -0.15) is 0 Å². The molecule has 36 heavy (non-hydrogen) atoms. The van der Waals surface area contributed by atoms with Crippen molar-refractivity contribution in [2.75, 3.05) is 0 Å². The zero-order valence-corrected chi connectivity index (χ0v) is 38.8. The third-order valence-corrected chi connectivity index (χ3v) is 35.0. The van der Waals surface area contributed by atoms with Gasteiger partial charge in [0.1, 0.15) is 0 Å². The third kappa shape index (κ3) is 11.7. The van der Waals surface area contributed by atoms with Crippen LogP contribution in [0.3, 0.4) is 0 Å². The van der Waals surface area contributed by atoms with Crippen LogP contribution in [0.2, 0.25) is 118 Å². The van der Waals surface area contributed by atoms with Gasteiger partial charge in [-0.1, -0.05) is 130 Å². The summed E-state index contributed by atoms with van der Waals surface area (Å²) < 4.78 is 0. The largest absolute Gasteiger partial charge is 1.00 e. The van der Waals surface area contributed by atoms with Crippen molar-refractivity contribution in [3.63, 3.8) is 0 Å². The molecule has 1 aromatic carbocycles. The molecule has 0 unspecified atom stereocenters. The van der Waals surface area contributed by atoms with Crippen molar-refractivity contribution in [3.05, 3.63) is 34.9 Å². The van der Waals surface area contributed by atoms with Crippen molar-refractivity contribution < 1.29 is 34.0 Å². The van der Waals surface area contributed by atoms with Gasteiger partial charge in [0.15, 0.2) is 0 Å². The van der Waals surface area contributed by atoms with Crippen LogP contribution in [0.1, 0.15) is 32.2 Å². The van der Waals surface area contributed by atoms with Gasteiger partial charge in [-0.15, -0.1) is 0 Å². The van der Waals surface area contributed by atoms with Crippen LogP contribution in [0.4, 0.5) is 0 Å². The molecule has 0 nitrogen and oxygen atoms in total. The molecule has 4 radical (unpaired) electrons. The van der Waals surface area contributed by atoms with Gasteiger partial charge in [-0.25, -0.2) is 0 Å². The first-order valence-electron chi connectivity index (χ1n) is 13.3. The summed E-state index contributed by atoms with van der Waals surface area (Å²) in [4.78, 5) is 0. The number of hydrogen-bond acceptors (Lipinski definition) is 0. The maximum absolute atomic E-state index is 4.24. The molecule has 1 rings (SSSR count). The smallest absolute Gasteiger partial charge is 0.0493 e. The summed E-state index contributed by atoms with van der Waals surface area (Å²) in [6.45, 7) is 47.0. The summed E-state index contributed by atoms with van der Waals surface area (Å²) in [6.07, 6.45) is 0. The molecule has 0 aromatic heterocycles. The Hall–Kier alpha value is 2.30. The van der Waals surface area contributed by atoms with Gasteiger partial charge in [-0.3, -0.25) is 0 Å². The molecule has 0 spiro atoms. The second-order valence-electron chi connectivity index (χ2n) is 17.3. The first-order valence-corrected chi connectivity index (χ1v) is 34.7. The minimum absolute atomic E-state index is 0. The Morgan fingerprint density at radius 3 is 0.778 bits per heavy atom. The first kappa shape index (κ1) is 42.8. The Morgan fingerprint density at radius 1 is 0.417 bits per heavy atom. The maximum atomic E-state index is 4.24. The maximum Gasteiger partial charge on any atom is 0.0493 e. The number of halogens is 2. The van der Waals surface area contributed by atoms with E-state index in [2.05, 4.69) is 136 Å². The fourth-order valence-electron chi connectivity index (χ4n) is 7.88. The summed E-state index contributed by atoms with van der Waals surface area (Å²) >= 11 is 0.